The fourth-order valence-electron chi connectivity index (χ4n) is 3.31. The van der Waals surface area contributed by atoms with E-state index in [4.69, 9.17) is 9.72 Å². The number of hydrogen-bond donors (Lipinski definition) is 1. The largest absolute Gasteiger partial charge is 0.497 e. The third-order valence-electron chi connectivity index (χ3n) is 4.71. The van der Waals surface area contributed by atoms with Crippen LogP contribution in [0.2, 0.25) is 0 Å². The molecule has 2 aromatic carbocycles. The standard InChI is InChI=1S/C20H21N3O3S/c1-26-15-7-6-8-16(13-15)27(24,25)22-18-10-3-2-9-17(18)19-14-23-12-5-4-11-20(23)21-19/h2-3,6-10,13-14,22H,4-5,11-12H2,1H3. The number of hydrogen-bond acceptors (Lipinski definition) is 4. The van der Waals surface area contributed by atoms with Crippen LogP contribution in [0.4, 0.5) is 5.69 Å². The van der Waals surface area contributed by atoms with E-state index in [0.717, 1.165) is 42.9 Å². The zero-order chi connectivity index (χ0) is 18.9. The Kier molecular flexibility index (Phi) is 4.61. The normalized spacial score (nSPS) is 13.8. The maximum absolute atomic E-state index is 12.9. The number of imidazole rings is 1. The number of nitrogens with zero attached hydrogens (tertiary/aromatic N) is 2. The molecule has 0 amide bonds. The summed E-state index contributed by atoms with van der Waals surface area (Å²) in [6, 6.07) is 13.7. The molecule has 0 saturated heterocycles. The summed E-state index contributed by atoms with van der Waals surface area (Å²) in [6.45, 7) is 0.958. The molecule has 27 heavy (non-hydrogen) atoms. The van der Waals surface area contributed by atoms with Crippen molar-refractivity contribution in [2.75, 3.05) is 11.8 Å². The third kappa shape index (κ3) is 3.55. The summed E-state index contributed by atoms with van der Waals surface area (Å²) in [6.07, 6.45) is 5.25. The second-order valence-electron chi connectivity index (χ2n) is 6.52. The van der Waals surface area contributed by atoms with Crippen molar-refractivity contribution in [1.82, 2.24) is 9.55 Å². The van der Waals surface area contributed by atoms with Crippen molar-refractivity contribution in [1.29, 1.82) is 0 Å². The third-order valence-corrected chi connectivity index (χ3v) is 6.07. The highest BCUT2D eigenvalue weighted by Crippen LogP contribution is 2.30. The number of benzene rings is 2. The lowest BCUT2D eigenvalue weighted by Gasteiger charge is -2.12. The van der Waals surface area contributed by atoms with Crippen molar-refractivity contribution in [2.24, 2.45) is 0 Å². The Morgan fingerprint density at radius 1 is 1.11 bits per heavy atom. The van der Waals surface area contributed by atoms with E-state index < -0.39 is 10.0 Å². The highest BCUT2D eigenvalue weighted by atomic mass is 32.2. The van der Waals surface area contributed by atoms with Crippen LogP contribution in [-0.2, 0) is 23.0 Å². The highest BCUT2D eigenvalue weighted by Gasteiger charge is 2.19. The topological polar surface area (TPSA) is 73.2 Å². The Bertz CT molecular complexity index is 1050. The van der Waals surface area contributed by atoms with Gasteiger partial charge in [0.05, 0.1) is 23.4 Å². The van der Waals surface area contributed by atoms with Crippen LogP contribution in [0.5, 0.6) is 5.75 Å². The summed E-state index contributed by atoms with van der Waals surface area (Å²) in [5.41, 5.74) is 2.07. The monoisotopic (exact) mass is 383 g/mol. The van der Waals surface area contributed by atoms with E-state index in [1.807, 2.05) is 24.4 Å². The summed E-state index contributed by atoms with van der Waals surface area (Å²) >= 11 is 0. The van der Waals surface area contributed by atoms with Crippen LogP contribution in [-0.4, -0.2) is 25.1 Å². The number of nitrogens with one attached hydrogen (secondary N) is 1. The van der Waals surface area contributed by atoms with Gasteiger partial charge in [0.1, 0.15) is 11.6 Å². The molecule has 2 heterocycles. The molecule has 0 unspecified atom stereocenters. The predicted octanol–water partition coefficient (Wildman–Crippen LogP) is 3.70. The molecular weight excluding hydrogens is 362 g/mol. The second kappa shape index (κ2) is 7.08. The molecule has 6 nitrogen and oxygen atoms in total. The molecule has 0 fully saturated rings. The fourth-order valence-corrected chi connectivity index (χ4v) is 4.42. The quantitative estimate of drug-likeness (QED) is 0.729. The molecule has 4 rings (SSSR count). The Morgan fingerprint density at radius 2 is 1.96 bits per heavy atom. The first-order valence-corrected chi connectivity index (χ1v) is 10.4. The van der Waals surface area contributed by atoms with Gasteiger partial charge >= 0.3 is 0 Å². The lowest BCUT2D eigenvalue weighted by Crippen LogP contribution is -2.13. The number of para-hydroxylation sites is 1. The van der Waals surface area contributed by atoms with Gasteiger partial charge in [-0.1, -0.05) is 24.3 Å². The average molecular weight is 383 g/mol. The minimum Gasteiger partial charge on any atom is -0.497 e. The molecule has 0 aliphatic carbocycles. The van der Waals surface area contributed by atoms with Crippen LogP contribution >= 0.6 is 0 Å². The zero-order valence-electron chi connectivity index (χ0n) is 15.1. The maximum atomic E-state index is 12.9. The predicted molar refractivity (Wildman–Crippen MR) is 104 cm³/mol. The van der Waals surface area contributed by atoms with Gasteiger partial charge < -0.3 is 9.30 Å². The molecule has 1 aliphatic heterocycles. The summed E-state index contributed by atoms with van der Waals surface area (Å²) in [4.78, 5) is 4.87. The molecule has 0 spiro atoms. The summed E-state index contributed by atoms with van der Waals surface area (Å²) in [5.74, 6) is 1.55. The van der Waals surface area contributed by atoms with Gasteiger partial charge in [-0.05, 0) is 31.0 Å². The molecule has 0 saturated carbocycles. The molecule has 7 heteroatoms. The van der Waals surface area contributed by atoms with E-state index in [2.05, 4.69) is 9.29 Å². The number of aryl methyl sites for hydroxylation is 2. The van der Waals surface area contributed by atoms with Crippen molar-refractivity contribution in [2.45, 2.75) is 30.7 Å². The van der Waals surface area contributed by atoms with Crippen molar-refractivity contribution in [3.63, 3.8) is 0 Å². The van der Waals surface area contributed by atoms with Gasteiger partial charge in [0.15, 0.2) is 0 Å². The molecule has 0 bridgehead atoms. The van der Waals surface area contributed by atoms with E-state index in [9.17, 15) is 8.42 Å². The van der Waals surface area contributed by atoms with Crippen molar-refractivity contribution in [3.05, 3.63) is 60.6 Å². The van der Waals surface area contributed by atoms with Gasteiger partial charge in [0.25, 0.3) is 10.0 Å². The second-order valence-corrected chi connectivity index (χ2v) is 8.21. The highest BCUT2D eigenvalue weighted by molar-refractivity contribution is 7.92. The first kappa shape index (κ1) is 17.6. The summed E-state index contributed by atoms with van der Waals surface area (Å²) < 4.78 is 35.7. The molecule has 0 atom stereocenters. The number of methoxy groups -OCH3 is 1. The van der Waals surface area contributed by atoms with Gasteiger partial charge in [-0.2, -0.15) is 0 Å². The van der Waals surface area contributed by atoms with E-state index in [1.165, 1.54) is 13.2 Å². The number of rotatable bonds is 5. The van der Waals surface area contributed by atoms with Gasteiger partial charge in [0, 0.05) is 30.8 Å². The Morgan fingerprint density at radius 3 is 2.78 bits per heavy atom. The molecular formula is C20H21N3O3S. The molecule has 1 aliphatic rings. The van der Waals surface area contributed by atoms with Gasteiger partial charge in [0.2, 0.25) is 0 Å². The van der Waals surface area contributed by atoms with E-state index in [-0.39, 0.29) is 4.90 Å². The summed E-state index contributed by atoms with van der Waals surface area (Å²) in [5, 5.41) is 0. The number of aromatic nitrogens is 2. The SMILES string of the molecule is COc1cccc(S(=O)(=O)Nc2ccccc2-c2cn3c(n2)CCCC3)c1. The fraction of sp³-hybridized carbons (Fsp3) is 0.250. The zero-order valence-corrected chi connectivity index (χ0v) is 15.9. The Labute approximate surface area is 158 Å². The van der Waals surface area contributed by atoms with Crippen LogP contribution in [0.1, 0.15) is 18.7 Å². The maximum Gasteiger partial charge on any atom is 0.262 e. The van der Waals surface area contributed by atoms with Crippen LogP contribution in [0.3, 0.4) is 0 Å². The van der Waals surface area contributed by atoms with Crippen LogP contribution in [0.25, 0.3) is 11.3 Å². The van der Waals surface area contributed by atoms with E-state index in [1.54, 1.807) is 24.3 Å². The number of fused-ring (bicyclic) bond motifs is 1. The van der Waals surface area contributed by atoms with Gasteiger partial charge in [-0.25, -0.2) is 13.4 Å². The molecule has 140 valence electrons. The number of anilines is 1. The average Bonchev–Trinajstić information content (AvgIpc) is 3.12. The Hall–Kier alpha value is -2.80. The van der Waals surface area contributed by atoms with Gasteiger partial charge in [-0.15, -0.1) is 0 Å². The van der Waals surface area contributed by atoms with E-state index in [0.29, 0.717) is 11.4 Å². The van der Waals surface area contributed by atoms with Crippen molar-refractivity contribution in [3.8, 4) is 17.0 Å². The van der Waals surface area contributed by atoms with Crippen LogP contribution in [0.15, 0.2) is 59.6 Å². The molecule has 1 aromatic heterocycles. The number of ether oxygens (including phenoxy) is 1. The lowest BCUT2D eigenvalue weighted by molar-refractivity contribution is 0.413. The molecule has 1 N–H and O–H groups in total. The Balaban J connectivity index is 1.70. The van der Waals surface area contributed by atoms with Crippen LogP contribution < -0.4 is 9.46 Å². The smallest absolute Gasteiger partial charge is 0.262 e. The number of sulfonamides is 1. The van der Waals surface area contributed by atoms with Gasteiger partial charge in [-0.3, -0.25) is 4.72 Å². The molecule has 3 aromatic rings. The lowest BCUT2D eigenvalue weighted by atomic mass is 10.1. The minimum absolute atomic E-state index is 0.154. The molecule has 0 radical (unpaired) electrons. The first-order valence-electron chi connectivity index (χ1n) is 8.89. The van der Waals surface area contributed by atoms with Crippen molar-refractivity contribution < 1.29 is 13.2 Å². The van der Waals surface area contributed by atoms with E-state index >= 15 is 0 Å². The van der Waals surface area contributed by atoms with Crippen molar-refractivity contribution >= 4 is 15.7 Å². The minimum atomic E-state index is -3.74. The summed E-state index contributed by atoms with van der Waals surface area (Å²) in [7, 11) is -2.23. The van der Waals surface area contributed by atoms with Crippen LogP contribution in [0, 0.1) is 0 Å². The first-order chi connectivity index (χ1) is 13.1.